The van der Waals surface area contributed by atoms with Crippen LogP contribution in [-0.4, -0.2) is 85.7 Å². The van der Waals surface area contributed by atoms with E-state index in [1.54, 1.807) is 0 Å². The van der Waals surface area contributed by atoms with Gasteiger partial charge >= 0.3 is 0 Å². The fourth-order valence-corrected chi connectivity index (χ4v) is 3.38. The maximum absolute atomic E-state index is 11.8. The van der Waals surface area contributed by atoms with E-state index in [1.165, 1.54) is 0 Å². The van der Waals surface area contributed by atoms with Gasteiger partial charge in [-0.05, 0) is 27.2 Å². The third-order valence-corrected chi connectivity index (χ3v) is 5.02. The lowest BCUT2D eigenvalue weighted by atomic mass is 10.0. The predicted octanol–water partition coefficient (Wildman–Crippen LogP) is 1.28. The molecule has 7 nitrogen and oxygen atoms in total. The summed E-state index contributed by atoms with van der Waals surface area (Å²) in [5, 5.41) is 6.84. The molecule has 2 heterocycles. The largest absolute Gasteiger partial charge is 0.379 e. The minimum Gasteiger partial charge on any atom is -0.379 e. The van der Waals surface area contributed by atoms with Crippen molar-refractivity contribution in [2.24, 2.45) is 4.99 Å². The van der Waals surface area contributed by atoms with E-state index in [0.717, 1.165) is 64.9 Å². The van der Waals surface area contributed by atoms with Crippen LogP contribution in [0.2, 0.25) is 0 Å². The number of rotatable bonds is 6. The van der Waals surface area contributed by atoms with Gasteiger partial charge in [-0.1, -0.05) is 6.92 Å². The van der Waals surface area contributed by atoms with Gasteiger partial charge < -0.3 is 20.3 Å². The monoisotopic (exact) mass is 481 g/mol. The van der Waals surface area contributed by atoms with Gasteiger partial charge in [0.25, 0.3) is 0 Å². The van der Waals surface area contributed by atoms with E-state index in [1.807, 2.05) is 11.8 Å². The Bertz CT molecular complexity index is 466. The summed E-state index contributed by atoms with van der Waals surface area (Å²) in [5.41, 5.74) is 0.00597. The smallest absolute Gasteiger partial charge is 0.222 e. The van der Waals surface area contributed by atoms with Gasteiger partial charge in [-0.3, -0.25) is 14.7 Å². The van der Waals surface area contributed by atoms with E-state index in [2.05, 4.69) is 36.3 Å². The quantitative estimate of drug-likeness (QED) is 0.340. The summed E-state index contributed by atoms with van der Waals surface area (Å²) in [6.07, 6.45) is 1.55. The first-order chi connectivity index (χ1) is 12.0. The highest BCUT2D eigenvalue weighted by Crippen LogP contribution is 2.16. The fourth-order valence-electron chi connectivity index (χ4n) is 3.38. The third kappa shape index (κ3) is 6.84. The molecule has 2 aliphatic heterocycles. The molecule has 2 N–H and O–H groups in total. The average Bonchev–Trinajstić information content (AvgIpc) is 3.08. The summed E-state index contributed by atoms with van der Waals surface area (Å²) in [4.78, 5) is 21.1. The molecule has 2 saturated heterocycles. The topological polar surface area (TPSA) is 69.2 Å². The predicted molar refractivity (Wildman–Crippen MR) is 116 cm³/mol. The Morgan fingerprint density at radius 2 is 1.92 bits per heavy atom. The van der Waals surface area contributed by atoms with Gasteiger partial charge in [-0.15, -0.1) is 24.0 Å². The lowest BCUT2D eigenvalue weighted by Crippen LogP contribution is -2.52. The highest BCUT2D eigenvalue weighted by Gasteiger charge is 2.29. The Hall–Kier alpha value is -0.610. The molecule has 2 fully saturated rings. The van der Waals surface area contributed by atoms with Crippen molar-refractivity contribution in [3.05, 3.63) is 0 Å². The Labute approximate surface area is 175 Å². The summed E-state index contributed by atoms with van der Waals surface area (Å²) < 4.78 is 5.45. The summed E-state index contributed by atoms with van der Waals surface area (Å²) in [6, 6.07) is 0.278. The van der Waals surface area contributed by atoms with E-state index < -0.39 is 0 Å². The number of aliphatic imine (C=N–C) groups is 1. The van der Waals surface area contributed by atoms with Crippen LogP contribution in [0.25, 0.3) is 0 Å². The molecule has 1 atom stereocenters. The van der Waals surface area contributed by atoms with Gasteiger partial charge in [0.15, 0.2) is 5.96 Å². The van der Waals surface area contributed by atoms with Gasteiger partial charge in [-0.2, -0.15) is 0 Å². The Morgan fingerprint density at radius 3 is 2.54 bits per heavy atom. The first kappa shape index (κ1) is 23.4. The van der Waals surface area contributed by atoms with E-state index in [-0.39, 0.29) is 41.5 Å². The maximum atomic E-state index is 11.8. The van der Waals surface area contributed by atoms with Crippen molar-refractivity contribution in [3.8, 4) is 0 Å². The number of ether oxygens (including phenoxy) is 1. The molecule has 152 valence electrons. The molecule has 0 saturated carbocycles. The van der Waals surface area contributed by atoms with E-state index in [9.17, 15) is 4.79 Å². The van der Waals surface area contributed by atoms with Crippen LogP contribution in [0.3, 0.4) is 0 Å². The molecule has 0 spiro atoms. The SMILES string of the molecule is CCNC(=NCC(C)(C)N1CCOCC1)NC1CCN(C(=O)CC)C1.I. The molecule has 0 aromatic heterocycles. The number of nitrogens with zero attached hydrogens (tertiary/aromatic N) is 3. The van der Waals surface area contributed by atoms with Crippen molar-refractivity contribution in [2.75, 3.05) is 52.5 Å². The third-order valence-electron chi connectivity index (χ3n) is 5.02. The van der Waals surface area contributed by atoms with Crippen molar-refractivity contribution >= 4 is 35.8 Å². The van der Waals surface area contributed by atoms with E-state index >= 15 is 0 Å². The summed E-state index contributed by atoms with van der Waals surface area (Å²) in [7, 11) is 0. The van der Waals surface area contributed by atoms with Crippen molar-refractivity contribution in [1.29, 1.82) is 0 Å². The Morgan fingerprint density at radius 1 is 1.23 bits per heavy atom. The number of carbonyl (C=O) groups excluding carboxylic acids is 1. The Kier molecular flexibility index (Phi) is 10.2. The van der Waals surface area contributed by atoms with Gasteiger partial charge in [0.05, 0.1) is 19.8 Å². The molecule has 1 unspecified atom stereocenters. The minimum atomic E-state index is 0. The molecule has 0 aromatic rings. The van der Waals surface area contributed by atoms with Crippen LogP contribution >= 0.6 is 24.0 Å². The van der Waals surface area contributed by atoms with Crippen LogP contribution in [0, 0.1) is 0 Å². The first-order valence-corrected chi connectivity index (χ1v) is 9.61. The number of halogens is 1. The van der Waals surface area contributed by atoms with Gasteiger partial charge in [0.2, 0.25) is 5.91 Å². The average molecular weight is 481 g/mol. The molecule has 8 heteroatoms. The first-order valence-electron chi connectivity index (χ1n) is 9.61. The number of morpholine rings is 1. The molecular weight excluding hydrogens is 445 g/mol. The van der Waals surface area contributed by atoms with Crippen molar-refractivity contribution in [1.82, 2.24) is 20.4 Å². The summed E-state index contributed by atoms with van der Waals surface area (Å²) in [6.45, 7) is 15.2. The molecule has 0 bridgehead atoms. The second-order valence-electron chi connectivity index (χ2n) is 7.43. The van der Waals surface area contributed by atoms with Crippen LogP contribution in [0.4, 0.5) is 0 Å². The molecular formula is C18H36IN5O2. The molecule has 26 heavy (non-hydrogen) atoms. The highest BCUT2D eigenvalue weighted by molar-refractivity contribution is 14.0. The van der Waals surface area contributed by atoms with Crippen LogP contribution in [0.1, 0.15) is 40.5 Å². The molecule has 0 aromatic carbocycles. The second kappa shape index (κ2) is 11.3. The number of hydrogen-bond acceptors (Lipinski definition) is 4. The van der Waals surface area contributed by atoms with Crippen LogP contribution in [-0.2, 0) is 9.53 Å². The number of hydrogen-bond donors (Lipinski definition) is 2. The van der Waals surface area contributed by atoms with Gasteiger partial charge in [-0.25, -0.2) is 0 Å². The van der Waals surface area contributed by atoms with Crippen molar-refractivity contribution < 1.29 is 9.53 Å². The lowest BCUT2D eigenvalue weighted by Gasteiger charge is -2.40. The summed E-state index contributed by atoms with van der Waals surface area (Å²) >= 11 is 0. The highest BCUT2D eigenvalue weighted by atomic mass is 127. The number of nitrogens with one attached hydrogen (secondary N) is 2. The molecule has 1 amide bonds. The zero-order valence-electron chi connectivity index (χ0n) is 16.7. The fraction of sp³-hybridized carbons (Fsp3) is 0.889. The lowest BCUT2D eigenvalue weighted by molar-refractivity contribution is -0.129. The van der Waals surface area contributed by atoms with Crippen LogP contribution in [0.15, 0.2) is 4.99 Å². The second-order valence-corrected chi connectivity index (χ2v) is 7.43. The standard InChI is InChI=1S/C18H35N5O2.HI/c1-5-16(24)22-8-7-15(13-22)21-17(19-6-2)20-14-18(3,4)23-9-11-25-12-10-23;/h15H,5-14H2,1-4H3,(H2,19,20,21);1H. The number of amides is 1. The van der Waals surface area contributed by atoms with Crippen LogP contribution in [0.5, 0.6) is 0 Å². The molecule has 2 aliphatic rings. The van der Waals surface area contributed by atoms with Gasteiger partial charge in [0, 0.05) is 50.7 Å². The van der Waals surface area contributed by atoms with Crippen molar-refractivity contribution in [2.45, 2.75) is 52.1 Å². The molecule has 0 aliphatic carbocycles. The number of guanidine groups is 1. The Balaban J connectivity index is 0.00000338. The van der Waals surface area contributed by atoms with Gasteiger partial charge in [0.1, 0.15) is 0 Å². The number of carbonyl (C=O) groups is 1. The normalized spacial score (nSPS) is 22.1. The van der Waals surface area contributed by atoms with Crippen LogP contribution < -0.4 is 10.6 Å². The van der Waals surface area contributed by atoms with Crippen molar-refractivity contribution in [3.63, 3.8) is 0 Å². The zero-order valence-corrected chi connectivity index (χ0v) is 19.0. The van der Waals surface area contributed by atoms with E-state index in [4.69, 9.17) is 9.73 Å². The summed E-state index contributed by atoms with van der Waals surface area (Å²) in [5.74, 6) is 1.08. The number of likely N-dealkylation sites (tertiary alicyclic amines) is 1. The molecule has 0 radical (unpaired) electrons. The molecule has 2 rings (SSSR count). The maximum Gasteiger partial charge on any atom is 0.222 e. The van der Waals surface area contributed by atoms with E-state index in [0.29, 0.717) is 6.42 Å². The zero-order chi connectivity index (χ0) is 18.3. The minimum absolute atomic E-state index is 0.